The fourth-order valence-corrected chi connectivity index (χ4v) is 4.29. The second-order valence-corrected chi connectivity index (χ2v) is 7.80. The lowest BCUT2D eigenvalue weighted by molar-refractivity contribution is -0.116. The Bertz CT molecular complexity index is 1070. The summed E-state index contributed by atoms with van der Waals surface area (Å²) in [7, 11) is 3.14. The maximum Gasteiger partial charge on any atom is 0.226 e. The van der Waals surface area contributed by atoms with E-state index in [2.05, 4.69) is 15.5 Å². The van der Waals surface area contributed by atoms with E-state index in [1.807, 2.05) is 31.2 Å². The number of nitrogens with zero attached hydrogens (tertiary/aromatic N) is 1. The molecule has 1 atom stereocenters. The number of hydrogen-bond acceptors (Lipinski definition) is 6. The van der Waals surface area contributed by atoms with Crippen LogP contribution in [0.4, 0.5) is 5.82 Å². The largest absolute Gasteiger partial charge is 0.493 e. The van der Waals surface area contributed by atoms with E-state index >= 15 is 0 Å². The number of carbonyl (C=O) groups is 2. The molecule has 1 aliphatic rings. The van der Waals surface area contributed by atoms with Gasteiger partial charge in [-0.2, -0.15) is 5.10 Å². The second kappa shape index (κ2) is 7.12. The fraction of sp³-hybridized carbons (Fsp3) is 0.250. The minimum absolute atomic E-state index is 0.0719. The summed E-state index contributed by atoms with van der Waals surface area (Å²) in [5.74, 6) is 0.688. The van der Waals surface area contributed by atoms with Crippen LogP contribution < -0.4 is 14.8 Å². The molecule has 3 aromatic rings. The molecule has 0 saturated carbocycles. The fourth-order valence-electron chi connectivity index (χ4n) is 3.43. The molecule has 4 rings (SSSR count). The van der Waals surface area contributed by atoms with Crippen LogP contribution in [0.2, 0.25) is 0 Å². The van der Waals surface area contributed by atoms with Crippen LogP contribution in [0.15, 0.2) is 30.3 Å². The minimum Gasteiger partial charge on any atom is -0.493 e. The lowest BCUT2D eigenvalue weighted by Gasteiger charge is -2.21. The average molecular weight is 397 g/mol. The van der Waals surface area contributed by atoms with E-state index < -0.39 is 5.92 Å². The monoisotopic (exact) mass is 397 g/mol. The van der Waals surface area contributed by atoms with E-state index in [1.54, 1.807) is 20.3 Å². The molecule has 0 bridgehead atoms. The van der Waals surface area contributed by atoms with Gasteiger partial charge in [-0.3, -0.25) is 14.7 Å². The molecule has 0 radical (unpaired) electrons. The van der Waals surface area contributed by atoms with Gasteiger partial charge in [-0.15, -0.1) is 11.3 Å². The smallest absolute Gasteiger partial charge is 0.226 e. The molecular formula is C20H19N3O4S. The molecule has 2 N–H and O–H groups in total. The number of thiophene rings is 1. The lowest BCUT2D eigenvalue weighted by Crippen LogP contribution is -2.27. The van der Waals surface area contributed by atoms with Crippen LogP contribution >= 0.6 is 11.3 Å². The molecule has 7 nitrogen and oxygen atoms in total. The molecule has 0 unspecified atom stereocenters. The van der Waals surface area contributed by atoms with Gasteiger partial charge < -0.3 is 14.8 Å². The number of H-pyrrole nitrogens is 1. The first kappa shape index (κ1) is 18.2. The van der Waals surface area contributed by atoms with E-state index in [-0.39, 0.29) is 18.1 Å². The second-order valence-electron chi connectivity index (χ2n) is 6.51. The number of nitrogens with one attached hydrogen (secondary N) is 2. The zero-order valence-corrected chi connectivity index (χ0v) is 16.5. The van der Waals surface area contributed by atoms with Gasteiger partial charge in [0.2, 0.25) is 5.91 Å². The minimum atomic E-state index is -0.594. The normalized spacial score (nSPS) is 15.7. The SMILES string of the molecule is COc1ccc(-c2[nH]nc3c2[C@H](C(=O)c2ccc(C)s2)CC(=O)N3)cc1OC. The summed E-state index contributed by atoms with van der Waals surface area (Å²) in [6.45, 7) is 1.95. The third kappa shape index (κ3) is 3.05. The summed E-state index contributed by atoms with van der Waals surface area (Å²) in [6, 6.07) is 9.20. The van der Waals surface area contributed by atoms with Crippen molar-refractivity contribution in [3.05, 3.63) is 45.6 Å². The molecule has 0 aliphatic carbocycles. The average Bonchev–Trinajstić information content (AvgIpc) is 3.32. The van der Waals surface area contributed by atoms with Gasteiger partial charge in [0.15, 0.2) is 23.1 Å². The number of hydrogen-bond donors (Lipinski definition) is 2. The Balaban J connectivity index is 1.81. The molecule has 1 amide bonds. The number of aromatic amines is 1. The van der Waals surface area contributed by atoms with Crippen molar-refractivity contribution in [2.24, 2.45) is 0 Å². The third-order valence-electron chi connectivity index (χ3n) is 4.77. The number of ketones is 1. The number of benzene rings is 1. The number of anilines is 1. The molecule has 0 spiro atoms. The van der Waals surface area contributed by atoms with Crippen molar-refractivity contribution in [2.75, 3.05) is 19.5 Å². The summed E-state index contributed by atoms with van der Waals surface area (Å²) in [5.41, 5.74) is 2.17. The Kier molecular flexibility index (Phi) is 4.64. The van der Waals surface area contributed by atoms with Crippen LogP contribution in [-0.2, 0) is 4.79 Å². The number of methoxy groups -OCH3 is 2. The first-order valence-electron chi connectivity index (χ1n) is 8.73. The molecule has 1 aliphatic heterocycles. The first-order valence-corrected chi connectivity index (χ1v) is 9.54. The van der Waals surface area contributed by atoms with Crippen LogP contribution in [0.5, 0.6) is 11.5 Å². The van der Waals surface area contributed by atoms with Gasteiger partial charge in [-0.05, 0) is 37.3 Å². The van der Waals surface area contributed by atoms with Crippen molar-refractivity contribution in [1.82, 2.24) is 10.2 Å². The van der Waals surface area contributed by atoms with Crippen LogP contribution in [-0.4, -0.2) is 36.1 Å². The number of amides is 1. The topological polar surface area (TPSA) is 93.3 Å². The number of Topliss-reactive ketones (excluding diaryl/α,β-unsaturated/α-hetero) is 1. The Hall–Kier alpha value is -3.13. The molecule has 1 aromatic carbocycles. The lowest BCUT2D eigenvalue weighted by atomic mass is 9.86. The summed E-state index contributed by atoms with van der Waals surface area (Å²) in [5, 5.41) is 9.97. The quantitative estimate of drug-likeness (QED) is 0.639. The van der Waals surface area contributed by atoms with E-state index in [1.165, 1.54) is 11.3 Å². The van der Waals surface area contributed by atoms with Crippen molar-refractivity contribution in [2.45, 2.75) is 19.3 Å². The number of carbonyl (C=O) groups excluding carboxylic acids is 2. The van der Waals surface area contributed by atoms with Crippen LogP contribution in [0.3, 0.4) is 0 Å². The van der Waals surface area contributed by atoms with E-state index in [0.29, 0.717) is 33.5 Å². The van der Waals surface area contributed by atoms with Crippen molar-refractivity contribution in [3.8, 4) is 22.8 Å². The molecule has 0 saturated heterocycles. The highest BCUT2D eigenvalue weighted by Gasteiger charge is 2.36. The Labute approximate surface area is 165 Å². The molecule has 28 heavy (non-hydrogen) atoms. The predicted octanol–water partition coefficient (Wildman–Crippen LogP) is 3.77. The van der Waals surface area contributed by atoms with E-state index in [9.17, 15) is 9.59 Å². The molecule has 144 valence electrons. The summed E-state index contributed by atoms with van der Waals surface area (Å²) in [6.07, 6.45) is 0.0859. The molecule has 0 fully saturated rings. The maximum atomic E-state index is 13.2. The summed E-state index contributed by atoms with van der Waals surface area (Å²) in [4.78, 5) is 27.0. The van der Waals surface area contributed by atoms with E-state index in [0.717, 1.165) is 10.4 Å². The highest BCUT2D eigenvalue weighted by molar-refractivity contribution is 7.14. The van der Waals surface area contributed by atoms with Gasteiger partial charge in [0.05, 0.1) is 30.7 Å². The summed E-state index contributed by atoms with van der Waals surface area (Å²) >= 11 is 1.43. The number of rotatable bonds is 5. The Morgan fingerprint density at radius 1 is 1.18 bits per heavy atom. The highest BCUT2D eigenvalue weighted by Crippen LogP contribution is 2.42. The standard InChI is InChI=1S/C20H19N3O4S/c1-10-4-7-15(28-10)19(25)12-9-16(24)21-20-17(12)18(22-23-20)11-5-6-13(26-2)14(8-11)27-3/h4-8,12H,9H2,1-3H3,(H2,21,22,23,24)/t12-/m1/s1. The van der Waals surface area contributed by atoms with Crippen LogP contribution in [0.25, 0.3) is 11.3 Å². The Morgan fingerprint density at radius 2 is 1.96 bits per heavy atom. The highest BCUT2D eigenvalue weighted by atomic mass is 32.1. The van der Waals surface area contributed by atoms with Gasteiger partial charge in [0, 0.05) is 22.4 Å². The van der Waals surface area contributed by atoms with Crippen molar-refractivity contribution < 1.29 is 19.1 Å². The molecule has 2 aromatic heterocycles. The van der Waals surface area contributed by atoms with Gasteiger partial charge in [-0.25, -0.2) is 0 Å². The predicted molar refractivity (Wildman–Crippen MR) is 107 cm³/mol. The van der Waals surface area contributed by atoms with Crippen molar-refractivity contribution in [1.29, 1.82) is 0 Å². The van der Waals surface area contributed by atoms with E-state index in [4.69, 9.17) is 9.47 Å². The number of ether oxygens (including phenoxy) is 2. The number of fused-ring (bicyclic) bond motifs is 1. The van der Waals surface area contributed by atoms with Crippen molar-refractivity contribution in [3.63, 3.8) is 0 Å². The molecular weight excluding hydrogens is 378 g/mol. The maximum absolute atomic E-state index is 13.2. The zero-order chi connectivity index (χ0) is 19.8. The number of aryl methyl sites for hydroxylation is 1. The van der Waals surface area contributed by atoms with Crippen LogP contribution in [0.1, 0.15) is 32.5 Å². The van der Waals surface area contributed by atoms with Crippen LogP contribution in [0, 0.1) is 6.92 Å². The third-order valence-corrected chi connectivity index (χ3v) is 5.79. The van der Waals surface area contributed by atoms with Gasteiger partial charge in [0.25, 0.3) is 0 Å². The molecule has 8 heteroatoms. The van der Waals surface area contributed by atoms with Gasteiger partial charge in [0.1, 0.15) is 0 Å². The Morgan fingerprint density at radius 3 is 2.64 bits per heavy atom. The van der Waals surface area contributed by atoms with Crippen molar-refractivity contribution >= 4 is 28.8 Å². The van der Waals surface area contributed by atoms with Gasteiger partial charge in [-0.1, -0.05) is 0 Å². The first-order chi connectivity index (χ1) is 13.5. The van der Waals surface area contributed by atoms with Gasteiger partial charge >= 0.3 is 0 Å². The zero-order valence-electron chi connectivity index (χ0n) is 15.7. The summed E-state index contributed by atoms with van der Waals surface area (Å²) < 4.78 is 10.7. The number of aromatic nitrogens is 2. The molecule has 3 heterocycles.